The minimum atomic E-state index is -0.218. The number of aryl methyl sites for hydroxylation is 1. The Labute approximate surface area is 135 Å². The number of rotatable bonds is 6. The molecule has 2 amide bonds. The molecule has 0 aliphatic heterocycles. The van der Waals surface area contributed by atoms with Crippen LogP contribution in [0.1, 0.15) is 36.6 Å². The molecule has 7 heteroatoms. The van der Waals surface area contributed by atoms with E-state index in [0.717, 1.165) is 11.6 Å². The van der Waals surface area contributed by atoms with E-state index in [1.807, 2.05) is 24.0 Å². The summed E-state index contributed by atoms with van der Waals surface area (Å²) in [6.07, 6.45) is 5.36. The standard InChI is InChI=1S/C15H23N5OS/c1-10(2)8-20-9-13(7-18-20)19-15(21)17-5-11(3)14-16-6-12(4)22-14/h6-7,9-11H,5,8H2,1-4H3,(H2,17,19,21)/t11-/m1/s1. The molecule has 2 N–H and O–H groups in total. The molecule has 0 aromatic carbocycles. The van der Waals surface area contributed by atoms with Crippen molar-refractivity contribution in [3.8, 4) is 0 Å². The van der Waals surface area contributed by atoms with Crippen LogP contribution in [0.4, 0.5) is 10.5 Å². The Morgan fingerprint density at radius 2 is 2.14 bits per heavy atom. The van der Waals surface area contributed by atoms with Crippen molar-refractivity contribution in [2.45, 2.75) is 40.2 Å². The number of carbonyl (C=O) groups is 1. The number of hydrogen-bond donors (Lipinski definition) is 2. The van der Waals surface area contributed by atoms with E-state index in [4.69, 9.17) is 0 Å². The number of carbonyl (C=O) groups excluding carboxylic acids is 1. The summed E-state index contributed by atoms with van der Waals surface area (Å²) in [5.41, 5.74) is 0.705. The maximum atomic E-state index is 11.9. The molecule has 0 radical (unpaired) electrons. The Bertz CT molecular complexity index is 619. The molecule has 2 rings (SSSR count). The molecule has 0 saturated heterocycles. The Morgan fingerprint density at radius 3 is 2.77 bits per heavy atom. The zero-order chi connectivity index (χ0) is 16.1. The van der Waals surface area contributed by atoms with Crippen molar-refractivity contribution in [3.63, 3.8) is 0 Å². The lowest BCUT2D eigenvalue weighted by atomic mass is 10.2. The van der Waals surface area contributed by atoms with E-state index in [-0.39, 0.29) is 11.9 Å². The summed E-state index contributed by atoms with van der Waals surface area (Å²) in [5.74, 6) is 0.720. The normalized spacial score (nSPS) is 12.4. The number of nitrogens with zero attached hydrogens (tertiary/aromatic N) is 3. The van der Waals surface area contributed by atoms with Gasteiger partial charge in [-0.3, -0.25) is 4.68 Å². The van der Waals surface area contributed by atoms with Gasteiger partial charge >= 0.3 is 6.03 Å². The monoisotopic (exact) mass is 321 g/mol. The van der Waals surface area contributed by atoms with Gasteiger partial charge in [0, 0.05) is 36.3 Å². The van der Waals surface area contributed by atoms with Crippen molar-refractivity contribution in [2.75, 3.05) is 11.9 Å². The molecular weight excluding hydrogens is 298 g/mol. The second-order valence-electron chi connectivity index (χ2n) is 5.89. The minimum Gasteiger partial charge on any atom is -0.337 e. The van der Waals surface area contributed by atoms with E-state index in [2.05, 4.69) is 41.5 Å². The van der Waals surface area contributed by atoms with Crippen LogP contribution in [0.2, 0.25) is 0 Å². The maximum absolute atomic E-state index is 11.9. The molecule has 0 spiro atoms. The van der Waals surface area contributed by atoms with E-state index in [0.29, 0.717) is 18.2 Å². The predicted octanol–water partition coefficient (Wildman–Crippen LogP) is 3.23. The average molecular weight is 321 g/mol. The summed E-state index contributed by atoms with van der Waals surface area (Å²) in [6, 6.07) is -0.218. The molecule has 0 aliphatic carbocycles. The van der Waals surface area contributed by atoms with Crippen molar-refractivity contribution < 1.29 is 4.79 Å². The zero-order valence-electron chi connectivity index (χ0n) is 13.5. The highest BCUT2D eigenvalue weighted by Crippen LogP contribution is 2.20. The fourth-order valence-corrected chi connectivity index (χ4v) is 2.84. The van der Waals surface area contributed by atoms with Crippen LogP contribution in [0.25, 0.3) is 0 Å². The smallest absolute Gasteiger partial charge is 0.319 e. The number of amides is 2. The average Bonchev–Trinajstić information content (AvgIpc) is 3.05. The SMILES string of the molecule is Cc1cnc([C@H](C)CNC(=O)Nc2cnn(CC(C)C)c2)s1. The highest BCUT2D eigenvalue weighted by atomic mass is 32.1. The minimum absolute atomic E-state index is 0.202. The van der Waals surface area contributed by atoms with Gasteiger partial charge in [-0.15, -0.1) is 11.3 Å². The fourth-order valence-electron chi connectivity index (χ4n) is 2.01. The summed E-state index contributed by atoms with van der Waals surface area (Å²) >= 11 is 1.66. The third-order valence-electron chi connectivity index (χ3n) is 3.07. The molecule has 1 atom stereocenters. The Morgan fingerprint density at radius 1 is 1.36 bits per heavy atom. The summed E-state index contributed by atoms with van der Waals surface area (Å²) in [7, 11) is 0. The number of hydrogen-bond acceptors (Lipinski definition) is 4. The molecule has 0 aliphatic rings. The van der Waals surface area contributed by atoms with Gasteiger partial charge in [0.1, 0.15) is 0 Å². The third-order valence-corrected chi connectivity index (χ3v) is 4.22. The lowest BCUT2D eigenvalue weighted by Crippen LogP contribution is -2.31. The van der Waals surface area contributed by atoms with Gasteiger partial charge in [0.25, 0.3) is 0 Å². The van der Waals surface area contributed by atoms with Crippen molar-refractivity contribution in [1.29, 1.82) is 0 Å². The van der Waals surface area contributed by atoms with Crippen LogP contribution < -0.4 is 10.6 Å². The largest absolute Gasteiger partial charge is 0.337 e. The van der Waals surface area contributed by atoms with Gasteiger partial charge < -0.3 is 10.6 Å². The lowest BCUT2D eigenvalue weighted by molar-refractivity contribution is 0.251. The molecule has 6 nitrogen and oxygen atoms in total. The highest BCUT2D eigenvalue weighted by Gasteiger charge is 2.11. The molecule has 2 aromatic heterocycles. The molecule has 2 aromatic rings. The van der Waals surface area contributed by atoms with E-state index < -0.39 is 0 Å². The van der Waals surface area contributed by atoms with Gasteiger partial charge in [-0.05, 0) is 12.8 Å². The second kappa shape index (κ2) is 7.40. The summed E-state index contributed by atoms with van der Waals surface area (Å²) in [6.45, 7) is 9.73. The Hall–Kier alpha value is -1.89. The van der Waals surface area contributed by atoms with Crippen LogP contribution in [0.5, 0.6) is 0 Å². The first-order valence-electron chi connectivity index (χ1n) is 7.43. The number of nitrogens with one attached hydrogen (secondary N) is 2. The van der Waals surface area contributed by atoms with E-state index in [1.54, 1.807) is 17.5 Å². The number of anilines is 1. The first-order valence-corrected chi connectivity index (χ1v) is 8.25. The van der Waals surface area contributed by atoms with Crippen molar-refractivity contribution in [2.24, 2.45) is 5.92 Å². The zero-order valence-corrected chi connectivity index (χ0v) is 14.3. The highest BCUT2D eigenvalue weighted by molar-refractivity contribution is 7.11. The Kier molecular flexibility index (Phi) is 5.54. The van der Waals surface area contributed by atoms with E-state index >= 15 is 0 Å². The van der Waals surface area contributed by atoms with Gasteiger partial charge in [0.2, 0.25) is 0 Å². The van der Waals surface area contributed by atoms with E-state index in [1.165, 1.54) is 4.88 Å². The molecule has 120 valence electrons. The lowest BCUT2D eigenvalue weighted by Gasteiger charge is -2.10. The van der Waals surface area contributed by atoms with Gasteiger partial charge in [0.05, 0.1) is 16.9 Å². The van der Waals surface area contributed by atoms with Crippen molar-refractivity contribution in [1.82, 2.24) is 20.1 Å². The molecule has 22 heavy (non-hydrogen) atoms. The predicted molar refractivity (Wildman–Crippen MR) is 89.4 cm³/mol. The summed E-state index contributed by atoms with van der Waals surface area (Å²) < 4.78 is 1.83. The number of thiazole rings is 1. The quantitative estimate of drug-likeness (QED) is 0.858. The third kappa shape index (κ3) is 4.84. The van der Waals surface area contributed by atoms with Gasteiger partial charge in [-0.25, -0.2) is 9.78 Å². The summed E-state index contributed by atoms with van der Waals surface area (Å²) in [4.78, 5) is 17.4. The van der Waals surface area contributed by atoms with Crippen LogP contribution in [0, 0.1) is 12.8 Å². The molecule has 0 bridgehead atoms. The topological polar surface area (TPSA) is 71.8 Å². The van der Waals surface area contributed by atoms with Crippen molar-refractivity contribution >= 4 is 23.1 Å². The summed E-state index contributed by atoms with van der Waals surface area (Å²) in [5, 5.41) is 10.9. The first kappa shape index (κ1) is 16.5. The van der Waals surface area contributed by atoms with Crippen LogP contribution in [0.3, 0.4) is 0 Å². The van der Waals surface area contributed by atoms with Crippen molar-refractivity contribution in [3.05, 3.63) is 28.5 Å². The number of aromatic nitrogens is 3. The molecule has 0 saturated carbocycles. The number of urea groups is 1. The van der Waals surface area contributed by atoms with Crippen LogP contribution >= 0.6 is 11.3 Å². The second-order valence-corrected chi connectivity index (χ2v) is 7.16. The molecule has 2 heterocycles. The van der Waals surface area contributed by atoms with Gasteiger partial charge in [-0.2, -0.15) is 5.10 Å². The molecular formula is C15H23N5OS. The van der Waals surface area contributed by atoms with Crippen LogP contribution in [-0.4, -0.2) is 27.3 Å². The molecule has 0 fully saturated rings. The first-order chi connectivity index (χ1) is 10.4. The maximum Gasteiger partial charge on any atom is 0.319 e. The van der Waals surface area contributed by atoms with Gasteiger partial charge in [-0.1, -0.05) is 20.8 Å². The van der Waals surface area contributed by atoms with E-state index in [9.17, 15) is 4.79 Å². The fraction of sp³-hybridized carbons (Fsp3) is 0.533. The van der Waals surface area contributed by atoms with Crippen LogP contribution in [0.15, 0.2) is 18.6 Å². The van der Waals surface area contributed by atoms with Gasteiger partial charge in [0.15, 0.2) is 0 Å². The van der Waals surface area contributed by atoms with Crippen LogP contribution in [-0.2, 0) is 6.54 Å². The molecule has 0 unspecified atom stereocenters. The Balaban J connectivity index is 1.79.